The van der Waals surface area contributed by atoms with Gasteiger partial charge in [-0.3, -0.25) is 0 Å². The van der Waals surface area contributed by atoms with Crippen LogP contribution < -0.4 is 5.32 Å². The molecule has 0 spiro atoms. The molecular formula is C12H26N2. The normalized spacial score (nSPS) is 24.0. The minimum Gasteiger partial charge on any atom is -0.320 e. The van der Waals surface area contributed by atoms with E-state index in [1.807, 2.05) is 7.05 Å². The van der Waals surface area contributed by atoms with Crippen molar-refractivity contribution in [1.82, 2.24) is 10.2 Å². The molecule has 1 saturated heterocycles. The molecule has 1 rings (SSSR count). The Morgan fingerprint density at radius 1 is 1.29 bits per heavy atom. The molecular weight excluding hydrogens is 172 g/mol. The number of hydrogen-bond acceptors (Lipinski definition) is 2. The van der Waals surface area contributed by atoms with Gasteiger partial charge in [-0.05, 0) is 58.8 Å². The average molecular weight is 198 g/mol. The number of hydrogen-bond donors (Lipinski definition) is 1. The van der Waals surface area contributed by atoms with Crippen molar-refractivity contribution < 1.29 is 0 Å². The molecule has 0 aromatic carbocycles. The van der Waals surface area contributed by atoms with Gasteiger partial charge in [-0.1, -0.05) is 13.3 Å². The standard InChI is InChI=1S/C12H26N2/c1-3-12-8-4-6-10-14(12)11-7-5-9-13-2/h12-13H,3-11H2,1-2H3. The quantitative estimate of drug-likeness (QED) is 0.659. The molecule has 0 radical (unpaired) electrons. The highest BCUT2D eigenvalue weighted by molar-refractivity contribution is 4.75. The first-order valence-corrected chi connectivity index (χ1v) is 6.27. The lowest BCUT2D eigenvalue weighted by molar-refractivity contribution is 0.141. The summed E-state index contributed by atoms with van der Waals surface area (Å²) in [4.78, 5) is 2.71. The van der Waals surface area contributed by atoms with Crippen molar-refractivity contribution in [1.29, 1.82) is 0 Å². The third-order valence-corrected chi connectivity index (χ3v) is 3.34. The van der Waals surface area contributed by atoms with Crippen LogP contribution in [0.3, 0.4) is 0 Å². The van der Waals surface area contributed by atoms with Crippen molar-refractivity contribution in [3.05, 3.63) is 0 Å². The second kappa shape index (κ2) is 7.24. The average Bonchev–Trinajstić information content (AvgIpc) is 2.25. The van der Waals surface area contributed by atoms with E-state index in [0.717, 1.165) is 6.04 Å². The fourth-order valence-corrected chi connectivity index (χ4v) is 2.43. The summed E-state index contributed by atoms with van der Waals surface area (Å²) >= 11 is 0. The van der Waals surface area contributed by atoms with E-state index in [4.69, 9.17) is 0 Å². The van der Waals surface area contributed by atoms with E-state index in [0.29, 0.717) is 0 Å². The predicted molar refractivity (Wildman–Crippen MR) is 62.7 cm³/mol. The zero-order valence-electron chi connectivity index (χ0n) is 9.89. The first-order chi connectivity index (χ1) is 6.88. The Morgan fingerprint density at radius 3 is 2.86 bits per heavy atom. The number of piperidine rings is 1. The molecule has 0 amide bonds. The smallest absolute Gasteiger partial charge is 0.00926 e. The Kier molecular flexibility index (Phi) is 6.20. The minimum absolute atomic E-state index is 0.887. The Bertz CT molecular complexity index is 136. The van der Waals surface area contributed by atoms with Gasteiger partial charge in [-0.2, -0.15) is 0 Å². The van der Waals surface area contributed by atoms with Crippen LogP contribution in [-0.2, 0) is 0 Å². The predicted octanol–water partition coefficient (Wildman–Crippen LogP) is 2.25. The highest BCUT2D eigenvalue weighted by Gasteiger charge is 2.19. The van der Waals surface area contributed by atoms with E-state index in [1.165, 1.54) is 58.2 Å². The summed E-state index contributed by atoms with van der Waals surface area (Å²) in [6.07, 6.45) is 8.32. The fourth-order valence-electron chi connectivity index (χ4n) is 2.43. The van der Waals surface area contributed by atoms with Gasteiger partial charge in [0, 0.05) is 6.04 Å². The highest BCUT2D eigenvalue weighted by atomic mass is 15.2. The van der Waals surface area contributed by atoms with Gasteiger partial charge in [0.15, 0.2) is 0 Å². The monoisotopic (exact) mass is 198 g/mol. The van der Waals surface area contributed by atoms with Gasteiger partial charge in [-0.15, -0.1) is 0 Å². The molecule has 2 nitrogen and oxygen atoms in total. The Labute approximate surface area is 89.1 Å². The molecule has 1 heterocycles. The van der Waals surface area contributed by atoms with Crippen LogP contribution in [0.15, 0.2) is 0 Å². The van der Waals surface area contributed by atoms with E-state index in [2.05, 4.69) is 17.1 Å². The third kappa shape index (κ3) is 3.97. The summed E-state index contributed by atoms with van der Waals surface area (Å²) < 4.78 is 0. The van der Waals surface area contributed by atoms with Crippen molar-refractivity contribution in [3.63, 3.8) is 0 Å². The molecule has 1 fully saturated rings. The van der Waals surface area contributed by atoms with Crippen LogP contribution in [0.1, 0.15) is 45.4 Å². The summed E-state index contributed by atoms with van der Waals surface area (Å²) in [7, 11) is 2.04. The van der Waals surface area contributed by atoms with Crippen LogP contribution in [0.5, 0.6) is 0 Å². The molecule has 1 aliphatic rings. The number of likely N-dealkylation sites (tertiary alicyclic amines) is 1. The molecule has 1 N–H and O–H groups in total. The number of rotatable bonds is 6. The summed E-state index contributed by atoms with van der Waals surface area (Å²) in [5, 5.41) is 3.21. The molecule has 84 valence electrons. The van der Waals surface area contributed by atoms with Crippen LogP contribution in [0, 0.1) is 0 Å². The maximum absolute atomic E-state index is 3.21. The summed E-state index contributed by atoms with van der Waals surface area (Å²) in [5.74, 6) is 0. The molecule has 0 aliphatic carbocycles. The van der Waals surface area contributed by atoms with Crippen molar-refractivity contribution in [2.75, 3.05) is 26.7 Å². The Hall–Kier alpha value is -0.0800. The summed E-state index contributed by atoms with van der Waals surface area (Å²) in [5.41, 5.74) is 0. The van der Waals surface area contributed by atoms with Gasteiger partial charge >= 0.3 is 0 Å². The van der Waals surface area contributed by atoms with Crippen molar-refractivity contribution >= 4 is 0 Å². The van der Waals surface area contributed by atoms with Gasteiger partial charge in [0.05, 0.1) is 0 Å². The molecule has 0 aromatic rings. The SMILES string of the molecule is CCC1CCCCN1CCCCNC. The van der Waals surface area contributed by atoms with Gasteiger partial charge in [0.2, 0.25) is 0 Å². The van der Waals surface area contributed by atoms with Gasteiger partial charge < -0.3 is 10.2 Å². The molecule has 1 atom stereocenters. The molecule has 0 aromatic heterocycles. The molecule has 0 bridgehead atoms. The van der Waals surface area contributed by atoms with E-state index >= 15 is 0 Å². The van der Waals surface area contributed by atoms with Gasteiger partial charge in [-0.25, -0.2) is 0 Å². The second-order valence-electron chi connectivity index (χ2n) is 4.40. The van der Waals surface area contributed by atoms with Crippen molar-refractivity contribution in [2.24, 2.45) is 0 Å². The van der Waals surface area contributed by atoms with E-state index in [1.54, 1.807) is 0 Å². The second-order valence-corrected chi connectivity index (χ2v) is 4.40. The number of unbranched alkanes of at least 4 members (excludes halogenated alkanes) is 1. The first-order valence-electron chi connectivity index (χ1n) is 6.27. The van der Waals surface area contributed by atoms with Gasteiger partial charge in [0.1, 0.15) is 0 Å². The number of nitrogens with one attached hydrogen (secondary N) is 1. The highest BCUT2D eigenvalue weighted by Crippen LogP contribution is 2.19. The molecule has 1 aliphatic heterocycles. The molecule has 0 saturated carbocycles. The van der Waals surface area contributed by atoms with E-state index in [-0.39, 0.29) is 0 Å². The molecule has 14 heavy (non-hydrogen) atoms. The van der Waals surface area contributed by atoms with Crippen molar-refractivity contribution in [3.8, 4) is 0 Å². The van der Waals surface area contributed by atoms with E-state index < -0.39 is 0 Å². The molecule has 1 unspecified atom stereocenters. The lowest BCUT2D eigenvalue weighted by atomic mass is 10.00. The molecule has 2 heteroatoms. The Balaban J connectivity index is 2.13. The van der Waals surface area contributed by atoms with Crippen LogP contribution in [0.2, 0.25) is 0 Å². The Morgan fingerprint density at radius 2 is 2.14 bits per heavy atom. The maximum Gasteiger partial charge on any atom is 0.00926 e. The fraction of sp³-hybridized carbons (Fsp3) is 1.00. The number of nitrogens with zero attached hydrogens (tertiary/aromatic N) is 1. The topological polar surface area (TPSA) is 15.3 Å². The minimum atomic E-state index is 0.887. The van der Waals surface area contributed by atoms with Gasteiger partial charge in [0.25, 0.3) is 0 Å². The maximum atomic E-state index is 3.21. The largest absolute Gasteiger partial charge is 0.320 e. The lowest BCUT2D eigenvalue weighted by Crippen LogP contribution is -2.39. The first kappa shape index (κ1) is 12.0. The van der Waals surface area contributed by atoms with Crippen LogP contribution >= 0.6 is 0 Å². The zero-order chi connectivity index (χ0) is 10.2. The van der Waals surface area contributed by atoms with Crippen LogP contribution in [0.4, 0.5) is 0 Å². The lowest BCUT2D eigenvalue weighted by Gasteiger charge is -2.35. The zero-order valence-corrected chi connectivity index (χ0v) is 9.89. The summed E-state index contributed by atoms with van der Waals surface area (Å²) in [6, 6.07) is 0.887. The summed E-state index contributed by atoms with van der Waals surface area (Å²) in [6.45, 7) is 6.17. The van der Waals surface area contributed by atoms with Crippen LogP contribution in [0.25, 0.3) is 0 Å². The van der Waals surface area contributed by atoms with E-state index in [9.17, 15) is 0 Å². The third-order valence-electron chi connectivity index (χ3n) is 3.34. The van der Waals surface area contributed by atoms with Crippen molar-refractivity contribution in [2.45, 2.75) is 51.5 Å². The van der Waals surface area contributed by atoms with Crippen LogP contribution in [-0.4, -0.2) is 37.6 Å².